The number of aromatic nitrogens is 4. The molecule has 0 spiro atoms. The van der Waals surface area contributed by atoms with Gasteiger partial charge in [0.25, 0.3) is 11.1 Å². The van der Waals surface area contributed by atoms with Gasteiger partial charge < -0.3 is 54.1 Å². The maximum absolute atomic E-state index is 14.1. The van der Waals surface area contributed by atoms with E-state index in [1.807, 2.05) is 60.7 Å². The number of nitrogens with one attached hydrogen (secondary N) is 4. The van der Waals surface area contributed by atoms with E-state index >= 15 is 0 Å². The van der Waals surface area contributed by atoms with Crippen LogP contribution in [0.25, 0.3) is 44.6 Å². The van der Waals surface area contributed by atoms with Crippen LogP contribution in [0.2, 0.25) is 0 Å². The maximum atomic E-state index is 14.1. The summed E-state index contributed by atoms with van der Waals surface area (Å²) in [5.74, 6) is -5.12. The molecule has 11 rings (SSSR count). The summed E-state index contributed by atoms with van der Waals surface area (Å²) in [5, 5.41) is 12.7. The lowest BCUT2D eigenvalue weighted by Crippen LogP contribution is -2.52. The van der Waals surface area contributed by atoms with Gasteiger partial charge in [0.1, 0.15) is 38.1 Å². The highest BCUT2D eigenvalue weighted by Gasteiger charge is 2.52. The first-order valence-electron chi connectivity index (χ1n) is 28.9. The molecule has 25 heteroatoms. The first-order valence-corrected chi connectivity index (χ1v) is 31.0. The van der Waals surface area contributed by atoms with Crippen molar-refractivity contribution in [2.24, 2.45) is 0 Å². The first-order chi connectivity index (χ1) is 41.9. The quantitative estimate of drug-likeness (QED) is 0.0378. The lowest BCUT2D eigenvalue weighted by Gasteiger charge is -2.37. The number of fused-ring (bicyclic) bond motifs is 10. The third-order valence-corrected chi connectivity index (χ3v) is 19.9. The van der Waals surface area contributed by atoms with E-state index in [1.54, 1.807) is 42.2 Å². The third kappa shape index (κ3) is 11.8. The number of hydrogen-bond donors (Lipinski definition) is 4. The van der Waals surface area contributed by atoms with Crippen LogP contribution in [0, 0.1) is 0 Å². The van der Waals surface area contributed by atoms with Crippen molar-refractivity contribution in [2.45, 2.75) is 119 Å². The number of pyridine rings is 4. The van der Waals surface area contributed by atoms with E-state index in [2.05, 4.69) is 21.3 Å². The van der Waals surface area contributed by atoms with Crippen molar-refractivity contribution in [1.29, 1.82) is 0 Å². The zero-order valence-electron chi connectivity index (χ0n) is 48.3. The molecule has 87 heavy (non-hydrogen) atoms. The number of ether oxygens (including phenoxy) is 5. The number of carbonyl (C=O) groups excluding carboxylic acids is 8. The van der Waals surface area contributed by atoms with Crippen molar-refractivity contribution in [3.8, 4) is 22.8 Å². The zero-order chi connectivity index (χ0) is 61.3. The molecule has 454 valence electrons. The molecule has 0 radical (unpaired) electrons. The molecule has 5 aliphatic rings. The molecule has 23 nitrogen and oxygen atoms in total. The van der Waals surface area contributed by atoms with E-state index < -0.39 is 83.5 Å². The fourth-order valence-electron chi connectivity index (χ4n) is 11.7. The van der Waals surface area contributed by atoms with Gasteiger partial charge in [0.15, 0.2) is 0 Å². The highest BCUT2D eigenvalue weighted by atomic mass is 32.2. The number of amides is 3. The Morgan fingerprint density at radius 1 is 0.655 bits per heavy atom. The molecule has 0 bridgehead atoms. The van der Waals surface area contributed by atoms with Gasteiger partial charge in [-0.1, -0.05) is 50.2 Å². The average Bonchev–Trinajstić information content (AvgIpc) is 1.73. The van der Waals surface area contributed by atoms with Crippen LogP contribution in [-0.4, -0.2) is 134 Å². The molecule has 1 aliphatic carbocycles. The minimum Gasteiger partial charge on any atom is -0.457 e. The van der Waals surface area contributed by atoms with Gasteiger partial charge in [0, 0.05) is 67.9 Å². The van der Waals surface area contributed by atoms with Crippen molar-refractivity contribution in [1.82, 2.24) is 40.4 Å². The highest BCUT2D eigenvalue weighted by molar-refractivity contribution is 8.04. The van der Waals surface area contributed by atoms with E-state index in [1.165, 1.54) is 30.4 Å². The van der Waals surface area contributed by atoms with Gasteiger partial charge in [0.2, 0.25) is 28.9 Å². The molecule has 2 aromatic carbocycles. The second-order valence-electron chi connectivity index (χ2n) is 22.0. The normalized spacial score (nSPS) is 20.0. The van der Waals surface area contributed by atoms with Crippen molar-refractivity contribution in [2.75, 3.05) is 44.9 Å². The standard InChI is InChI=1S/C62H64N8O15S2/c1-5-61(40-23-46-53-36(21-34-11-7-9-13-42(34)67-53)27-69(46)57(77)38(40)29-82-59(61)79)84-51(73)25-64-55(75)44(63-4)31-86-48-15-16-49(48)87-32-45(66-50(72)18-20-81-19-17-33(3)71)56(76)65-26-52(74)85-62(6-2)41-24-47-54-37(22-35-12-8-10-14-43(35)68-54)28-70(47)58(78)39(41)30-83-60(62)80/h7-14,21-24,44-45,48-49,63H,5-6,15-20,25-32H2,1-4H3,(H,64,75)(H,65,76)(H,66,72)/t44?,45?,48?,49?,61-,62-/m1/s1. The summed E-state index contributed by atoms with van der Waals surface area (Å²) in [6.45, 7) is 3.36. The Labute approximate surface area is 506 Å². The van der Waals surface area contributed by atoms with Crippen LogP contribution in [-0.2, 0) is 99.5 Å². The molecule has 6 aromatic rings. The fourth-order valence-corrected chi connectivity index (χ4v) is 14.9. The van der Waals surface area contributed by atoms with E-state index in [-0.39, 0.29) is 121 Å². The molecule has 4 aromatic heterocycles. The maximum Gasteiger partial charge on any atom is 0.355 e. The minimum absolute atomic E-state index is 0.0158. The molecule has 4 N–H and O–H groups in total. The first kappa shape index (κ1) is 60.4. The highest BCUT2D eigenvalue weighted by Crippen LogP contribution is 2.44. The summed E-state index contributed by atoms with van der Waals surface area (Å²) >= 11 is 2.94. The number of thioether (sulfide) groups is 2. The van der Waals surface area contributed by atoms with Crippen LogP contribution in [0.15, 0.2) is 82.4 Å². The molecule has 8 heterocycles. The molecule has 6 atom stereocenters. The largest absolute Gasteiger partial charge is 0.457 e. The average molecular weight is 1230 g/mol. The number of esters is 4. The minimum atomic E-state index is -2.03. The molecule has 3 amide bonds. The Hall–Kier alpha value is -8.26. The van der Waals surface area contributed by atoms with E-state index in [0.29, 0.717) is 28.3 Å². The van der Waals surface area contributed by atoms with E-state index in [0.717, 1.165) is 40.3 Å². The molecular formula is C62H64N8O15S2. The van der Waals surface area contributed by atoms with Gasteiger partial charge in [-0.15, -0.1) is 0 Å². The summed E-state index contributed by atoms with van der Waals surface area (Å²) in [6.07, 6.45) is 1.41. The second-order valence-corrected chi connectivity index (χ2v) is 24.5. The number of carbonyl (C=O) groups is 8. The number of cyclic esters (lactones) is 2. The van der Waals surface area contributed by atoms with Crippen molar-refractivity contribution >= 4 is 92.7 Å². The smallest absolute Gasteiger partial charge is 0.355 e. The lowest BCUT2D eigenvalue weighted by atomic mass is 9.85. The molecule has 1 fully saturated rings. The number of hydrogen-bond acceptors (Lipinski definition) is 20. The zero-order valence-corrected chi connectivity index (χ0v) is 49.9. The second kappa shape index (κ2) is 25.2. The van der Waals surface area contributed by atoms with Crippen LogP contribution in [0.4, 0.5) is 0 Å². The van der Waals surface area contributed by atoms with Gasteiger partial charge in [-0.05, 0) is 76.1 Å². The number of benzene rings is 2. The Kier molecular flexibility index (Phi) is 17.5. The summed E-state index contributed by atoms with van der Waals surface area (Å²) < 4.78 is 31.5. The van der Waals surface area contributed by atoms with E-state index in [4.69, 9.17) is 33.7 Å². The number of likely N-dealkylation sites (N-methyl/N-ethyl adjacent to an activating group) is 1. The van der Waals surface area contributed by atoms with Gasteiger partial charge in [-0.2, -0.15) is 23.5 Å². The number of rotatable bonds is 24. The van der Waals surface area contributed by atoms with Gasteiger partial charge in [-0.3, -0.25) is 38.4 Å². The molecule has 1 saturated carbocycles. The van der Waals surface area contributed by atoms with Crippen molar-refractivity contribution in [3.63, 3.8) is 0 Å². The third-order valence-electron chi connectivity index (χ3n) is 16.7. The van der Waals surface area contributed by atoms with Gasteiger partial charge in [-0.25, -0.2) is 19.6 Å². The van der Waals surface area contributed by atoms with Crippen molar-refractivity contribution in [3.05, 3.63) is 127 Å². The Bertz CT molecular complexity index is 3960. The van der Waals surface area contributed by atoms with Crippen LogP contribution in [0.1, 0.15) is 92.7 Å². The number of ketones is 1. The van der Waals surface area contributed by atoms with Crippen LogP contribution < -0.4 is 32.4 Å². The number of nitrogens with zero attached hydrogens (tertiary/aromatic N) is 4. The summed E-state index contributed by atoms with van der Waals surface area (Å²) in [5.41, 5.74) is 1.09. The van der Waals surface area contributed by atoms with Gasteiger partial charge >= 0.3 is 23.9 Å². The molecule has 0 saturated heterocycles. The lowest BCUT2D eigenvalue weighted by molar-refractivity contribution is -0.189. The van der Waals surface area contributed by atoms with Gasteiger partial charge in [0.05, 0.1) is 77.3 Å². The summed E-state index contributed by atoms with van der Waals surface area (Å²) in [4.78, 5) is 145. The van der Waals surface area contributed by atoms with Crippen LogP contribution in [0.5, 0.6) is 0 Å². The molecular weight excluding hydrogens is 1160 g/mol. The number of Topliss-reactive ketones (excluding diaryl/α,β-unsaturated/α-hetero) is 1. The molecule has 4 unspecified atom stereocenters. The molecule has 4 aliphatic heterocycles. The predicted molar refractivity (Wildman–Crippen MR) is 320 cm³/mol. The topological polar surface area (TPSA) is 301 Å². The number of para-hydroxylation sites is 2. The monoisotopic (exact) mass is 1220 g/mol. The summed E-state index contributed by atoms with van der Waals surface area (Å²) in [6, 6.07) is 20.5. The predicted octanol–water partition coefficient (Wildman–Crippen LogP) is 3.96. The van der Waals surface area contributed by atoms with E-state index in [9.17, 15) is 47.9 Å². The van der Waals surface area contributed by atoms with Crippen LogP contribution in [0.3, 0.4) is 0 Å². The SMILES string of the molecule is CC[C@]1(OC(=O)CNC(=O)C(CSC2CCC2SCC(NC(=O)CCOCCC(C)=O)C(=O)NCC(=O)O[C@@]2(CC)C(=O)OCc3c2cc2n(c3=O)Cc3cc4ccccc4nc3-2)NC)C(=O)OCc2c1cc1n(c2=O)Cc2cc3ccccc3nc2-1. The Morgan fingerprint density at radius 3 is 1.57 bits per heavy atom. The van der Waals surface area contributed by atoms with Crippen LogP contribution >= 0.6 is 23.5 Å². The Morgan fingerprint density at radius 2 is 1.11 bits per heavy atom. The van der Waals surface area contributed by atoms with Crippen molar-refractivity contribution < 1.29 is 62.0 Å². The fraction of sp³-hybridized carbons (Fsp3) is 0.419. The Balaban J connectivity index is 0.706. The summed E-state index contributed by atoms with van der Waals surface area (Å²) in [7, 11) is 1.60.